The molecule has 0 radical (unpaired) electrons. The van der Waals surface area contributed by atoms with Crippen molar-refractivity contribution in [2.75, 3.05) is 6.54 Å². The summed E-state index contributed by atoms with van der Waals surface area (Å²) in [5.74, 6) is 2.46. The van der Waals surface area contributed by atoms with Crippen LogP contribution in [0.2, 0.25) is 0 Å². The van der Waals surface area contributed by atoms with Crippen LogP contribution in [0.5, 0.6) is 0 Å². The first-order valence-electron chi connectivity index (χ1n) is 9.00. The van der Waals surface area contributed by atoms with E-state index in [0.29, 0.717) is 23.7 Å². The summed E-state index contributed by atoms with van der Waals surface area (Å²) in [5, 5.41) is 3.01. The number of alkyl carbamates (subject to hydrolysis) is 1. The Labute approximate surface area is 130 Å². The maximum absolute atomic E-state index is 12.1. The van der Waals surface area contributed by atoms with Crippen molar-refractivity contribution in [3.05, 3.63) is 0 Å². The fourth-order valence-electron chi connectivity index (χ4n) is 4.05. The minimum atomic E-state index is -0.190. The van der Waals surface area contributed by atoms with E-state index in [9.17, 15) is 4.79 Å². The number of hydrogen-bond acceptors (Lipinski definition) is 2. The number of hydrogen-bond donors (Lipinski definition) is 1. The van der Waals surface area contributed by atoms with E-state index in [0.717, 1.165) is 13.0 Å². The Bertz CT molecular complexity index is 323. The van der Waals surface area contributed by atoms with E-state index in [2.05, 4.69) is 26.1 Å². The maximum Gasteiger partial charge on any atom is 0.407 e. The molecule has 0 saturated heterocycles. The molecule has 0 spiro atoms. The van der Waals surface area contributed by atoms with Gasteiger partial charge in [0.15, 0.2) is 0 Å². The van der Waals surface area contributed by atoms with Crippen LogP contribution < -0.4 is 5.32 Å². The van der Waals surface area contributed by atoms with Crippen molar-refractivity contribution in [1.29, 1.82) is 0 Å². The summed E-state index contributed by atoms with van der Waals surface area (Å²) in [5.41, 5.74) is 0. The van der Waals surface area contributed by atoms with Crippen LogP contribution in [0.3, 0.4) is 0 Å². The van der Waals surface area contributed by atoms with Gasteiger partial charge in [0.1, 0.15) is 6.10 Å². The van der Waals surface area contributed by atoms with Crippen LogP contribution in [0.1, 0.15) is 72.1 Å². The molecule has 3 nitrogen and oxygen atoms in total. The first-order valence-corrected chi connectivity index (χ1v) is 9.00. The lowest BCUT2D eigenvalue weighted by Gasteiger charge is -2.36. The first kappa shape index (κ1) is 16.6. The average Bonchev–Trinajstić information content (AvgIpc) is 2.46. The predicted octanol–water partition coefficient (Wildman–Crippen LogP) is 4.75. The third-order valence-corrected chi connectivity index (χ3v) is 5.48. The van der Waals surface area contributed by atoms with Gasteiger partial charge in [0.25, 0.3) is 0 Å². The van der Waals surface area contributed by atoms with Gasteiger partial charge < -0.3 is 10.1 Å². The van der Waals surface area contributed by atoms with Crippen LogP contribution in [0, 0.1) is 23.7 Å². The molecule has 1 N–H and O–H groups in total. The minimum Gasteiger partial charge on any atom is -0.446 e. The number of carbonyl (C=O) groups is 1. The molecule has 0 aliphatic heterocycles. The van der Waals surface area contributed by atoms with Crippen LogP contribution >= 0.6 is 0 Å². The van der Waals surface area contributed by atoms with E-state index in [4.69, 9.17) is 4.74 Å². The molecule has 2 rings (SSSR count). The van der Waals surface area contributed by atoms with Crippen molar-refractivity contribution in [2.45, 2.75) is 78.2 Å². The second-order valence-electron chi connectivity index (χ2n) is 7.65. The number of ether oxygens (including phenoxy) is 1. The van der Waals surface area contributed by atoms with Gasteiger partial charge in [0.05, 0.1) is 0 Å². The second kappa shape index (κ2) is 8.05. The fourth-order valence-corrected chi connectivity index (χ4v) is 4.05. The molecule has 3 atom stereocenters. The lowest BCUT2D eigenvalue weighted by Crippen LogP contribution is -2.40. The Morgan fingerprint density at radius 1 is 1.14 bits per heavy atom. The smallest absolute Gasteiger partial charge is 0.407 e. The molecule has 2 fully saturated rings. The quantitative estimate of drug-likeness (QED) is 0.812. The molecular weight excluding hydrogens is 262 g/mol. The van der Waals surface area contributed by atoms with E-state index >= 15 is 0 Å². The Balaban J connectivity index is 1.76. The molecule has 21 heavy (non-hydrogen) atoms. The zero-order valence-corrected chi connectivity index (χ0v) is 14.1. The fraction of sp³-hybridized carbons (Fsp3) is 0.944. The van der Waals surface area contributed by atoms with Gasteiger partial charge in [-0.1, -0.05) is 46.5 Å². The Morgan fingerprint density at radius 3 is 2.52 bits per heavy atom. The SMILES string of the molecule is CC(C)[C@@H]1CC[C@@H](C)C[C@H]1OC(=O)NCC1CCCCC1. The minimum absolute atomic E-state index is 0.111. The third-order valence-electron chi connectivity index (χ3n) is 5.48. The molecule has 0 bridgehead atoms. The lowest BCUT2D eigenvalue weighted by atomic mass is 9.75. The normalized spacial score (nSPS) is 31.1. The lowest BCUT2D eigenvalue weighted by molar-refractivity contribution is 0.00567. The van der Waals surface area contributed by atoms with Gasteiger partial charge in [-0.15, -0.1) is 0 Å². The van der Waals surface area contributed by atoms with Crippen molar-refractivity contribution < 1.29 is 9.53 Å². The summed E-state index contributed by atoms with van der Waals surface area (Å²) >= 11 is 0. The predicted molar refractivity (Wildman–Crippen MR) is 86.2 cm³/mol. The summed E-state index contributed by atoms with van der Waals surface area (Å²) in [7, 11) is 0. The first-order chi connectivity index (χ1) is 10.1. The number of rotatable bonds is 4. The van der Waals surface area contributed by atoms with Gasteiger partial charge in [0.2, 0.25) is 0 Å². The number of amides is 1. The summed E-state index contributed by atoms with van der Waals surface area (Å²) < 4.78 is 5.78. The van der Waals surface area contributed by atoms with Gasteiger partial charge in [-0.25, -0.2) is 4.79 Å². The molecule has 0 aromatic carbocycles. The van der Waals surface area contributed by atoms with Gasteiger partial charge in [-0.05, 0) is 49.4 Å². The van der Waals surface area contributed by atoms with Crippen LogP contribution in [0.15, 0.2) is 0 Å². The van der Waals surface area contributed by atoms with Crippen molar-refractivity contribution in [3.63, 3.8) is 0 Å². The average molecular weight is 295 g/mol. The van der Waals surface area contributed by atoms with E-state index < -0.39 is 0 Å². The highest BCUT2D eigenvalue weighted by Crippen LogP contribution is 2.35. The molecule has 2 aliphatic rings. The van der Waals surface area contributed by atoms with Crippen molar-refractivity contribution in [1.82, 2.24) is 5.32 Å². The molecular formula is C18H33NO2. The number of carbonyl (C=O) groups excluding carboxylic acids is 1. The zero-order chi connectivity index (χ0) is 15.2. The summed E-state index contributed by atoms with van der Waals surface area (Å²) in [6.07, 6.45) is 9.92. The van der Waals surface area contributed by atoms with Crippen LogP contribution in [0.4, 0.5) is 4.79 Å². The van der Waals surface area contributed by atoms with Gasteiger partial charge in [-0.2, -0.15) is 0 Å². The Hall–Kier alpha value is -0.730. The molecule has 0 aromatic heterocycles. The molecule has 0 aromatic rings. The van der Waals surface area contributed by atoms with Crippen molar-refractivity contribution in [3.8, 4) is 0 Å². The highest BCUT2D eigenvalue weighted by atomic mass is 16.6. The topological polar surface area (TPSA) is 38.3 Å². The van der Waals surface area contributed by atoms with Gasteiger partial charge in [0, 0.05) is 6.54 Å². The van der Waals surface area contributed by atoms with Crippen LogP contribution in [-0.2, 0) is 4.74 Å². The molecule has 3 heteroatoms. The van der Waals surface area contributed by atoms with E-state index in [1.807, 2.05) is 0 Å². The maximum atomic E-state index is 12.1. The Kier molecular flexibility index (Phi) is 6.38. The molecule has 0 unspecified atom stereocenters. The highest BCUT2D eigenvalue weighted by molar-refractivity contribution is 5.67. The third kappa shape index (κ3) is 5.19. The molecule has 122 valence electrons. The Morgan fingerprint density at radius 2 is 1.86 bits per heavy atom. The monoisotopic (exact) mass is 295 g/mol. The van der Waals surface area contributed by atoms with E-state index in [1.165, 1.54) is 44.9 Å². The second-order valence-corrected chi connectivity index (χ2v) is 7.65. The number of nitrogens with one attached hydrogen (secondary N) is 1. The largest absolute Gasteiger partial charge is 0.446 e. The van der Waals surface area contributed by atoms with Crippen molar-refractivity contribution >= 4 is 6.09 Å². The molecule has 1 amide bonds. The van der Waals surface area contributed by atoms with Gasteiger partial charge in [-0.3, -0.25) is 0 Å². The standard InChI is InChI=1S/C18H33NO2/c1-13(2)16-10-9-14(3)11-17(16)21-18(20)19-12-15-7-5-4-6-8-15/h13-17H,4-12H2,1-3H3,(H,19,20)/t14-,16+,17-/m1/s1. The van der Waals surface area contributed by atoms with E-state index in [1.54, 1.807) is 0 Å². The summed E-state index contributed by atoms with van der Waals surface area (Å²) in [4.78, 5) is 12.1. The summed E-state index contributed by atoms with van der Waals surface area (Å²) in [6.45, 7) is 7.56. The van der Waals surface area contributed by atoms with Gasteiger partial charge >= 0.3 is 6.09 Å². The van der Waals surface area contributed by atoms with Crippen LogP contribution in [-0.4, -0.2) is 18.7 Å². The van der Waals surface area contributed by atoms with E-state index in [-0.39, 0.29) is 12.2 Å². The van der Waals surface area contributed by atoms with Crippen LogP contribution in [0.25, 0.3) is 0 Å². The summed E-state index contributed by atoms with van der Waals surface area (Å²) in [6, 6.07) is 0. The molecule has 2 aliphatic carbocycles. The zero-order valence-electron chi connectivity index (χ0n) is 14.1. The molecule has 0 heterocycles. The highest BCUT2D eigenvalue weighted by Gasteiger charge is 2.33. The molecule has 2 saturated carbocycles. The van der Waals surface area contributed by atoms with Crippen molar-refractivity contribution in [2.24, 2.45) is 23.7 Å².